The molecule has 0 amide bonds. The molecule has 0 bridgehead atoms. The summed E-state index contributed by atoms with van der Waals surface area (Å²) in [5, 5.41) is 13.0. The Morgan fingerprint density at radius 1 is 1.44 bits per heavy atom. The van der Waals surface area contributed by atoms with Crippen LogP contribution >= 0.6 is 0 Å². The van der Waals surface area contributed by atoms with Gasteiger partial charge in [0.25, 0.3) is 0 Å². The van der Waals surface area contributed by atoms with Gasteiger partial charge >= 0.3 is 5.97 Å². The molecule has 1 unspecified atom stereocenters. The van der Waals surface area contributed by atoms with Gasteiger partial charge in [-0.3, -0.25) is 15.0 Å². The molecule has 0 radical (unpaired) electrons. The van der Waals surface area contributed by atoms with E-state index in [4.69, 9.17) is 4.74 Å². The third-order valence-corrected chi connectivity index (χ3v) is 3.78. The monoisotopic (exact) mass is 256 g/mol. The van der Waals surface area contributed by atoms with Gasteiger partial charge in [-0.05, 0) is 32.6 Å². The minimum atomic E-state index is -0.772. The van der Waals surface area contributed by atoms with E-state index in [0.717, 1.165) is 25.9 Å². The quantitative estimate of drug-likeness (QED) is 0.727. The first-order chi connectivity index (χ1) is 8.54. The van der Waals surface area contributed by atoms with Crippen molar-refractivity contribution < 1.29 is 14.6 Å². The van der Waals surface area contributed by atoms with E-state index in [1.165, 1.54) is 0 Å². The van der Waals surface area contributed by atoms with Crippen LogP contribution < -0.4 is 5.32 Å². The summed E-state index contributed by atoms with van der Waals surface area (Å²) < 4.78 is 5.32. The maximum absolute atomic E-state index is 11.8. The van der Waals surface area contributed by atoms with E-state index in [1.54, 1.807) is 0 Å². The number of hydrogen-bond acceptors (Lipinski definition) is 4. The molecule has 18 heavy (non-hydrogen) atoms. The first kappa shape index (κ1) is 13.8. The number of carboxylic acid groups (broad SMARTS) is 1. The lowest BCUT2D eigenvalue weighted by Crippen LogP contribution is -2.63. The normalized spacial score (nSPS) is 25.1. The first-order valence-corrected chi connectivity index (χ1v) is 6.86. The smallest absolute Gasteiger partial charge is 0.325 e. The van der Waals surface area contributed by atoms with Crippen molar-refractivity contribution in [3.8, 4) is 0 Å². The summed E-state index contributed by atoms with van der Waals surface area (Å²) in [4.78, 5) is 14.0. The second-order valence-electron chi connectivity index (χ2n) is 5.74. The molecule has 0 aromatic rings. The molecule has 1 saturated carbocycles. The lowest BCUT2D eigenvalue weighted by atomic mass is 9.91. The van der Waals surface area contributed by atoms with Crippen LogP contribution in [0, 0.1) is 5.92 Å². The van der Waals surface area contributed by atoms with Crippen LogP contribution in [0.15, 0.2) is 0 Å². The Bertz CT molecular complexity index is 299. The van der Waals surface area contributed by atoms with Crippen molar-refractivity contribution in [1.29, 1.82) is 0 Å². The van der Waals surface area contributed by atoms with Gasteiger partial charge in [0.2, 0.25) is 0 Å². The van der Waals surface area contributed by atoms with Gasteiger partial charge in [-0.1, -0.05) is 0 Å². The van der Waals surface area contributed by atoms with Crippen LogP contribution in [0.25, 0.3) is 0 Å². The Hall–Kier alpha value is -0.650. The molecule has 1 heterocycles. The Balaban J connectivity index is 2.08. The third-order valence-electron chi connectivity index (χ3n) is 3.78. The minimum absolute atomic E-state index is 0.183. The highest BCUT2D eigenvalue weighted by molar-refractivity contribution is 5.80. The second kappa shape index (κ2) is 5.55. The summed E-state index contributed by atoms with van der Waals surface area (Å²) >= 11 is 0. The maximum Gasteiger partial charge on any atom is 0.325 e. The highest BCUT2D eigenvalue weighted by Gasteiger charge is 2.52. The number of rotatable bonds is 6. The summed E-state index contributed by atoms with van der Waals surface area (Å²) in [5.74, 6) is -0.426. The van der Waals surface area contributed by atoms with Crippen LogP contribution in [0.1, 0.15) is 26.7 Å². The van der Waals surface area contributed by atoms with Crippen LogP contribution in [-0.4, -0.2) is 60.4 Å². The summed E-state index contributed by atoms with van der Waals surface area (Å²) in [6.45, 7) is 7.71. The predicted molar refractivity (Wildman–Crippen MR) is 68.6 cm³/mol. The third kappa shape index (κ3) is 3.02. The standard InChI is InChI=1S/C13H24N2O3/c1-10(2)14-13(12(16)17,11-3-4-11)9-15-5-7-18-8-6-15/h10-11,14H,3-9H2,1-2H3,(H,16,17). The summed E-state index contributed by atoms with van der Waals surface area (Å²) in [6.07, 6.45) is 2.05. The summed E-state index contributed by atoms with van der Waals surface area (Å²) in [6, 6.07) is 0.183. The fourth-order valence-corrected chi connectivity index (χ4v) is 2.80. The predicted octanol–water partition coefficient (Wildman–Crippen LogP) is 0.550. The van der Waals surface area contributed by atoms with E-state index in [0.29, 0.717) is 19.8 Å². The van der Waals surface area contributed by atoms with Gasteiger partial charge in [0, 0.05) is 25.7 Å². The van der Waals surface area contributed by atoms with Crippen LogP contribution in [0.5, 0.6) is 0 Å². The number of carbonyl (C=O) groups is 1. The Morgan fingerprint density at radius 2 is 2.06 bits per heavy atom. The van der Waals surface area contributed by atoms with Crippen LogP contribution in [0.2, 0.25) is 0 Å². The molecule has 2 fully saturated rings. The van der Waals surface area contributed by atoms with Gasteiger partial charge in [0.1, 0.15) is 5.54 Å². The second-order valence-corrected chi connectivity index (χ2v) is 5.74. The topological polar surface area (TPSA) is 61.8 Å². The molecule has 2 aliphatic rings. The van der Waals surface area contributed by atoms with Crippen molar-refractivity contribution in [2.75, 3.05) is 32.8 Å². The Kier molecular flexibility index (Phi) is 4.25. The number of nitrogens with one attached hydrogen (secondary N) is 1. The van der Waals surface area contributed by atoms with E-state index in [1.807, 2.05) is 13.8 Å². The van der Waals surface area contributed by atoms with Crippen molar-refractivity contribution >= 4 is 5.97 Å². The molecule has 5 nitrogen and oxygen atoms in total. The van der Waals surface area contributed by atoms with Gasteiger partial charge in [-0.15, -0.1) is 0 Å². The number of morpholine rings is 1. The number of carboxylic acids is 1. The molecule has 1 aliphatic carbocycles. The van der Waals surface area contributed by atoms with E-state index in [9.17, 15) is 9.90 Å². The molecule has 5 heteroatoms. The van der Waals surface area contributed by atoms with E-state index in [2.05, 4.69) is 10.2 Å². The fraction of sp³-hybridized carbons (Fsp3) is 0.923. The Morgan fingerprint density at radius 3 is 2.50 bits per heavy atom. The first-order valence-electron chi connectivity index (χ1n) is 6.86. The van der Waals surface area contributed by atoms with Gasteiger partial charge < -0.3 is 9.84 Å². The molecule has 2 N–H and O–H groups in total. The van der Waals surface area contributed by atoms with E-state index in [-0.39, 0.29) is 12.0 Å². The SMILES string of the molecule is CC(C)NC(CN1CCOCC1)(C(=O)O)C1CC1. The minimum Gasteiger partial charge on any atom is -0.480 e. The Labute approximate surface area is 108 Å². The summed E-state index contributed by atoms with van der Waals surface area (Å²) in [5.41, 5.74) is -0.772. The molecule has 1 atom stereocenters. The number of hydrogen-bond donors (Lipinski definition) is 2. The molecule has 1 aliphatic heterocycles. The molecular formula is C13H24N2O3. The van der Waals surface area contributed by atoms with Crippen molar-refractivity contribution in [2.24, 2.45) is 5.92 Å². The van der Waals surface area contributed by atoms with Crippen LogP contribution in [0.3, 0.4) is 0 Å². The fourth-order valence-electron chi connectivity index (χ4n) is 2.80. The average molecular weight is 256 g/mol. The largest absolute Gasteiger partial charge is 0.480 e. The van der Waals surface area contributed by atoms with Gasteiger partial charge in [0.15, 0.2) is 0 Å². The number of nitrogens with zero attached hydrogens (tertiary/aromatic N) is 1. The molecule has 0 spiro atoms. The summed E-state index contributed by atoms with van der Waals surface area (Å²) in [7, 11) is 0. The van der Waals surface area contributed by atoms with Crippen molar-refractivity contribution in [1.82, 2.24) is 10.2 Å². The molecule has 1 saturated heterocycles. The van der Waals surface area contributed by atoms with E-state index >= 15 is 0 Å². The highest BCUT2D eigenvalue weighted by atomic mass is 16.5. The zero-order chi connectivity index (χ0) is 13.2. The van der Waals surface area contributed by atoms with Crippen molar-refractivity contribution in [3.05, 3.63) is 0 Å². The highest BCUT2D eigenvalue weighted by Crippen LogP contribution is 2.41. The van der Waals surface area contributed by atoms with Gasteiger partial charge in [0.05, 0.1) is 13.2 Å². The number of ether oxygens (including phenoxy) is 1. The maximum atomic E-state index is 11.8. The van der Waals surface area contributed by atoms with E-state index < -0.39 is 11.5 Å². The average Bonchev–Trinajstić information content (AvgIpc) is 3.12. The van der Waals surface area contributed by atoms with Crippen LogP contribution in [-0.2, 0) is 9.53 Å². The van der Waals surface area contributed by atoms with Crippen molar-refractivity contribution in [2.45, 2.75) is 38.3 Å². The molecule has 0 aromatic carbocycles. The molecular weight excluding hydrogens is 232 g/mol. The van der Waals surface area contributed by atoms with Gasteiger partial charge in [-0.2, -0.15) is 0 Å². The molecule has 0 aromatic heterocycles. The van der Waals surface area contributed by atoms with Crippen LogP contribution in [0.4, 0.5) is 0 Å². The lowest BCUT2D eigenvalue weighted by molar-refractivity contribution is -0.148. The molecule has 2 rings (SSSR count). The zero-order valence-electron chi connectivity index (χ0n) is 11.3. The van der Waals surface area contributed by atoms with Crippen molar-refractivity contribution in [3.63, 3.8) is 0 Å². The zero-order valence-corrected chi connectivity index (χ0v) is 11.3. The number of aliphatic carboxylic acids is 1. The van der Waals surface area contributed by atoms with Gasteiger partial charge in [-0.25, -0.2) is 0 Å². The lowest BCUT2D eigenvalue weighted by Gasteiger charge is -2.39. The molecule has 104 valence electrons.